The van der Waals surface area contributed by atoms with Crippen LogP contribution in [0.3, 0.4) is 0 Å². The molecule has 0 bridgehead atoms. The summed E-state index contributed by atoms with van der Waals surface area (Å²) >= 11 is 5.39. The highest BCUT2D eigenvalue weighted by atomic mass is 32.1. The minimum absolute atomic E-state index is 0.260. The average Bonchev–Trinajstić information content (AvgIpc) is 2.72. The van der Waals surface area contributed by atoms with Gasteiger partial charge in [0.05, 0.1) is 12.7 Å². The van der Waals surface area contributed by atoms with Gasteiger partial charge in [-0.1, -0.05) is 56.3 Å². The molecule has 1 atom stereocenters. The molecule has 28 heavy (non-hydrogen) atoms. The summed E-state index contributed by atoms with van der Waals surface area (Å²) < 4.78 is 5.42. The monoisotopic (exact) mass is 392 g/mol. The van der Waals surface area contributed by atoms with E-state index in [1.165, 1.54) is 5.56 Å². The molecule has 1 unspecified atom stereocenters. The standard InChI is InChI=1S/C23H24N2O2S/c1-4-15(2)18-11-7-8-12-20(18)24-23(28)25-22(26)19-13-16-9-5-6-10-17(16)14-21(19)27-3/h5-15H,4H2,1-3H3,(H2,24,25,26,28). The zero-order valence-corrected chi connectivity index (χ0v) is 17.1. The van der Waals surface area contributed by atoms with Crippen LogP contribution in [0.15, 0.2) is 60.7 Å². The lowest BCUT2D eigenvalue weighted by atomic mass is 9.97. The molecular formula is C23H24N2O2S. The Balaban J connectivity index is 1.80. The number of ether oxygens (including phenoxy) is 1. The van der Waals surface area contributed by atoms with Crippen molar-refractivity contribution >= 4 is 39.7 Å². The maximum Gasteiger partial charge on any atom is 0.261 e. The number of amides is 1. The van der Waals surface area contributed by atoms with Gasteiger partial charge in [-0.3, -0.25) is 10.1 Å². The molecule has 1 amide bonds. The summed E-state index contributed by atoms with van der Waals surface area (Å²) in [5, 5.41) is 8.17. The van der Waals surface area contributed by atoms with Crippen molar-refractivity contribution in [2.75, 3.05) is 12.4 Å². The summed E-state index contributed by atoms with van der Waals surface area (Å²) in [5.74, 6) is 0.600. The van der Waals surface area contributed by atoms with Gasteiger partial charge in [-0.2, -0.15) is 0 Å². The Kier molecular flexibility index (Phi) is 6.26. The molecule has 5 heteroatoms. The SMILES string of the molecule is CCC(C)c1ccccc1NC(=S)NC(=O)c1cc2ccccc2cc1OC. The maximum absolute atomic E-state index is 12.8. The Morgan fingerprint density at radius 3 is 2.39 bits per heavy atom. The molecule has 0 aliphatic carbocycles. The second-order valence-electron chi connectivity index (χ2n) is 6.70. The van der Waals surface area contributed by atoms with Crippen molar-refractivity contribution in [1.82, 2.24) is 5.32 Å². The maximum atomic E-state index is 12.8. The molecule has 2 N–H and O–H groups in total. The first-order valence-corrected chi connectivity index (χ1v) is 9.72. The number of fused-ring (bicyclic) bond motifs is 1. The van der Waals surface area contributed by atoms with Gasteiger partial charge in [-0.15, -0.1) is 0 Å². The van der Waals surface area contributed by atoms with Gasteiger partial charge in [0.25, 0.3) is 5.91 Å². The molecule has 0 heterocycles. The topological polar surface area (TPSA) is 50.4 Å². The van der Waals surface area contributed by atoms with Crippen molar-refractivity contribution in [3.05, 3.63) is 71.8 Å². The number of rotatable bonds is 5. The summed E-state index contributed by atoms with van der Waals surface area (Å²) in [6.07, 6.45) is 1.02. The van der Waals surface area contributed by atoms with Crippen LogP contribution in [0.4, 0.5) is 5.69 Å². The highest BCUT2D eigenvalue weighted by Gasteiger charge is 2.16. The van der Waals surface area contributed by atoms with Crippen molar-refractivity contribution in [2.45, 2.75) is 26.2 Å². The van der Waals surface area contributed by atoms with E-state index in [0.29, 0.717) is 17.2 Å². The fraction of sp³-hybridized carbons (Fsp3) is 0.217. The fourth-order valence-electron chi connectivity index (χ4n) is 3.15. The van der Waals surface area contributed by atoms with Gasteiger partial charge >= 0.3 is 0 Å². The molecule has 3 aromatic carbocycles. The highest BCUT2D eigenvalue weighted by molar-refractivity contribution is 7.80. The Hall–Kier alpha value is -2.92. The summed E-state index contributed by atoms with van der Waals surface area (Å²) in [6.45, 7) is 4.32. The number of para-hydroxylation sites is 1. The number of hydrogen-bond donors (Lipinski definition) is 2. The van der Waals surface area contributed by atoms with E-state index in [2.05, 4.69) is 30.5 Å². The molecule has 0 spiro atoms. The lowest BCUT2D eigenvalue weighted by Gasteiger charge is -2.17. The van der Waals surface area contributed by atoms with Crippen molar-refractivity contribution in [3.8, 4) is 5.75 Å². The molecule has 4 nitrogen and oxygen atoms in total. The number of anilines is 1. The third-order valence-corrected chi connectivity index (χ3v) is 5.10. The Labute approximate surface area is 170 Å². The Morgan fingerprint density at radius 1 is 1.07 bits per heavy atom. The van der Waals surface area contributed by atoms with E-state index in [4.69, 9.17) is 17.0 Å². The first-order chi connectivity index (χ1) is 13.5. The van der Waals surface area contributed by atoms with Gasteiger partial charge in [0.1, 0.15) is 5.75 Å². The van der Waals surface area contributed by atoms with E-state index >= 15 is 0 Å². The van der Waals surface area contributed by atoms with E-state index in [-0.39, 0.29) is 11.0 Å². The molecule has 144 valence electrons. The molecule has 3 aromatic rings. The smallest absolute Gasteiger partial charge is 0.261 e. The number of carbonyl (C=O) groups is 1. The van der Waals surface area contributed by atoms with Crippen molar-refractivity contribution in [2.24, 2.45) is 0 Å². The third kappa shape index (κ3) is 4.31. The minimum atomic E-state index is -0.305. The summed E-state index contributed by atoms with van der Waals surface area (Å²) in [7, 11) is 1.56. The van der Waals surface area contributed by atoms with Crippen molar-refractivity contribution in [3.63, 3.8) is 0 Å². The lowest BCUT2D eigenvalue weighted by Crippen LogP contribution is -2.34. The van der Waals surface area contributed by atoms with Crippen LogP contribution in [0.25, 0.3) is 10.8 Å². The first-order valence-electron chi connectivity index (χ1n) is 9.31. The van der Waals surface area contributed by atoms with E-state index < -0.39 is 0 Å². The van der Waals surface area contributed by atoms with Crippen LogP contribution in [0.2, 0.25) is 0 Å². The zero-order valence-electron chi connectivity index (χ0n) is 16.3. The van der Waals surface area contributed by atoms with Crippen molar-refractivity contribution < 1.29 is 9.53 Å². The Morgan fingerprint density at radius 2 is 1.71 bits per heavy atom. The van der Waals surface area contributed by atoms with Crippen LogP contribution in [-0.4, -0.2) is 18.1 Å². The number of methoxy groups -OCH3 is 1. The van der Waals surface area contributed by atoms with Gasteiger partial charge in [0.2, 0.25) is 0 Å². The number of nitrogens with one attached hydrogen (secondary N) is 2. The van der Waals surface area contributed by atoms with Crippen LogP contribution < -0.4 is 15.4 Å². The van der Waals surface area contributed by atoms with Crippen LogP contribution >= 0.6 is 12.2 Å². The van der Waals surface area contributed by atoms with Crippen LogP contribution in [0.1, 0.15) is 42.1 Å². The van der Waals surface area contributed by atoms with E-state index in [0.717, 1.165) is 22.9 Å². The van der Waals surface area contributed by atoms with Crippen LogP contribution in [0, 0.1) is 0 Å². The molecule has 0 saturated carbocycles. The predicted molar refractivity (Wildman–Crippen MR) is 119 cm³/mol. The van der Waals surface area contributed by atoms with Gasteiger partial charge < -0.3 is 10.1 Å². The molecule has 3 rings (SSSR count). The van der Waals surface area contributed by atoms with Gasteiger partial charge in [0.15, 0.2) is 5.11 Å². The molecule has 0 saturated heterocycles. The second-order valence-corrected chi connectivity index (χ2v) is 7.11. The highest BCUT2D eigenvalue weighted by Crippen LogP contribution is 2.27. The van der Waals surface area contributed by atoms with Gasteiger partial charge in [-0.25, -0.2) is 0 Å². The van der Waals surface area contributed by atoms with E-state index in [1.54, 1.807) is 7.11 Å². The molecule has 0 radical (unpaired) electrons. The number of hydrogen-bond acceptors (Lipinski definition) is 3. The predicted octanol–water partition coefficient (Wildman–Crippen LogP) is 5.49. The summed E-state index contributed by atoms with van der Waals surface area (Å²) in [5.41, 5.74) is 2.53. The second kappa shape index (κ2) is 8.85. The average molecular weight is 393 g/mol. The number of benzene rings is 3. The number of carbonyl (C=O) groups excluding carboxylic acids is 1. The fourth-order valence-corrected chi connectivity index (χ4v) is 3.35. The Bertz CT molecular complexity index is 1020. The molecule has 0 aliphatic heterocycles. The minimum Gasteiger partial charge on any atom is -0.496 e. The molecule has 0 fully saturated rings. The number of thiocarbonyl (C=S) groups is 1. The quantitative estimate of drug-likeness (QED) is 0.564. The normalized spacial score (nSPS) is 11.7. The third-order valence-electron chi connectivity index (χ3n) is 4.89. The van der Waals surface area contributed by atoms with E-state index in [1.807, 2.05) is 54.6 Å². The molecule has 0 aromatic heterocycles. The van der Waals surface area contributed by atoms with Crippen LogP contribution in [-0.2, 0) is 0 Å². The summed E-state index contributed by atoms with van der Waals surface area (Å²) in [4.78, 5) is 12.8. The summed E-state index contributed by atoms with van der Waals surface area (Å²) in [6, 6.07) is 19.5. The molecular weight excluding hydrogens is 368 g/mol. The van der Waals surface area contributed by atoms with Crippen LogP contribution in [0.5, 0.6) is 5.75 Å². The zero-order chi connectivity index (χ0) is 20.1. The largest absolute Gasteiger partial charge is 0.496 e. The van der Waals surface area contributed by atoms with E-state index in [9.17, 15) is 4.79 Å². The lowest BCUT2D eigenvalue weighted by molar-refractivity contribution is 0.0975. The van der Waals surface area contributed by atoms with Gasteiger partial charge in [-0.05, 0) is 59.1 Å². The molecule has 0 aliphatic rings. The van der Waals surface area contributed by atoms with Gasteiger partial charge in [0, 0.05) is 5.69 Å². The van der Waals surface area contributed by atoms with Crippen molar-refractivity contribution in [1.29, 1.82) is 0 Å². The first kappa shape index (κ1) is 19.8.